The molecule has 0 radical (unpaired) electrons. The summed E-state index contributed by atoms with van der Waals surface area (Å²) in [5.74, 6) is 0.861. The predicted octanol–water partition coefficient (Wildman–Crippen LogP) is 4.80. The number of nitrogens with one attached hydrogen (secondary N) is 2. The van der Waals surface area contributed by atoms with Gasteiger partial charge in [-0.15, -0.1) is 0 Å². The Morgan fingerprint density at radius 2 is 1.87 bits per heavy atom. The number of benzene rings is 2. The fourth-order valence-electron chi connectivity index (χ4n) is 4.73. The molecule has 3 heterocycles. The van der Waals surface area contributed by atoms with E-state index < -0.39 is 0 Å². The lowest BCUT2D eigenvalue weighted by atomic mass is 9.98. The molecule has 0 saturated heterocycles. The summed E-state index contributed by atoms with van der Waals surface area (Å²) >= 11 is 0. The molecule has 0 atom stereocenters. The van der Waals surface area contributed by atoms with Crippen molar-refractivity contribution < 1.29 is 4.74 Å². The van der Waals surface area contributed by atoms with E-state index in [1.54, 1.807) is 7.11 Å². The van der Waals surface area contributed by atoms with E-state index in [0.717, 1.165) is 49.0 Å². The highest BCUT2D eigenvalue weighted by Crippen LogP contribution is 2.39. The Morgan fingerprint density at radius 3 is 2.60 bits per heavy atom. The van der Waals surface area contributed by atoms with Crippen molar-refractivity contribution in [3.8, 4) is 22.7 Å². The van der Waals surface area contributed by atoms with E-state index in [9.17, 15) is 0 Å². The summed E-state index contributed by atoms with van der Waals surface area (Å²) < 4.78 is 7.82. The molecule has 1 aliphatic heterocycles. The van der Waals surface area contributed by atoms with Gasteiger partial charge in [0.25, 0.3) is 0 Å². The van der Waals surface area contributed by atoms with Crippen molar-refractivity contribution in [3.05, 3.63) is 65.0 Å². The molecule has 4 aromatic rings. The maximum absolute atomic E-state index is 5.59. The van der Waals surface area contributed by atoms with Gasteiger partial charge < -0.3 is 15.0 Å². The summed E-state index contributed by atoms with van der Waals surface area (Å²) in [7, 11) is 1.72. The normalized spacial score (nSPS) is 13.6. The number of fused-ring (bicyclic) bond motifs is 2. The van der Waals surface area contributed by atoms with Crippen LogP contribution in [0.5, 0.6) is 5.75 Å². The van der Waals surface area contributed by atoms with E-state index in [2.05, 4.69) is 65.2 Å². The summed E-state index contributed by atoms with van der Waals surface area (Å²) in [6, 6.07) is 13.0. The zero-order valence-corrected chi connectivity index (χ0v) is 17.9. The predicted molar refractivity (Wildman–Crippen MR) is 122 cm³/mol. The fourth-order valence-corrected chi connectivity index (χ4v) is 4.73. The maximum Gasteiger partial charge on any atom is 0.142 e. The molecule has 1 aliphatic rings. The minimum atomic E-state index is 0.846. The molecule has 2 aromatic heterocycles. The van der Waals surface area contributed by atoms with Gasteiger partial charge in [-0.3, -0.25) is 0 Å². The molecule has 2 aromatic carbocycles. The molecule has 0 aliphatic carbocycles. The van der Waals surface area contributed by atoms with Gasteiger partial charge in [-0.25, -0.2) is 4.68 Å². The van der Waals surface area contributed by atoms with E-state index >= 15 is 0 Å². The third kappa shape index (κ3) is 2.84. The first-order chi connectivity index (χ1) is 14.8. The standard InChI is InChI=1S/C25H28N4O/c1-4-16-7-6-8-17(5-2)24(16)29-25(20-15-26-13-12-21(20)28-29)19-9-10-22(30-3)23-18(19)11-14-27-23/h6-11,14,26-27H,4-5,12-13,15H2,1-3H3. The average molecular weight is 401 g/mol. The van der Waals surface area contributed by atoms with E-state index in [0.29, 0.717) is 0 Å². The van der Waals surface area contributed by atoms with Crippen LogP contribution < -0.4 is 10.1 Å². The summed E-state index contributed by atoms with van der Waals surface area (Å²) in [5.41, 5.74) is 9.84. The minimum absolute atomic E-state index is 0.846. The van der Waals surface area contributed by atoms with Gasteiger partial charge in [0.1, 0.15) is 5.75 Å². The summed E-state index contributed by atoms with van der Waals surface area (Å²) in [6.45, 7) is 6.27. The van der Waals surface area contributed by atoms with Crippen molar-refractivity contribution in [2.75, 3.05) is 13.7 Å². The molecule has 0 saturated carbocycles. The van der Waals surface area contributed by atoms with Crippen LogP contribution in [0.1, 0.15) is 36.2 Å². The number of aromatic amines is 1. The van der Waals surface area contributed by atoms with Crippen molar-refractivity contribution in [2.24, 2.45) is 0 Å². The minimum Gasteiger partial charge on any atom is -0.495 e. The molecule has 0 unspecified atom stereocenters. The van der Waals surface area contributed by atoms with Crippen molar-refractivity contribution in [1.29, 1.82) is 0 Å². The maximum atomic E-state index is 5.59. The largest absolute Gasteiger partial charge is 0.495 e. The molecular weight excluding hydrogens is 372 g/mol. The first-order valence-corrected chi connectivity index (χ1v) is 10.8. The van der Waals surface area contributed by atoms with Crippen LogP contribution in [0.2, 0.25) is 0 Å². The topological polar surface area (TPSA) is 54.9 Å². The van der Waals surface area contributed by atoms with Crippen molar-refractivity contribution in [3.63, 3.8) is 0 Å². The number of para-hydroxylation sites is 1. The molecule has 0 fully saturated rings. The molecular formula is C25H28N4O. The SMILES string of the molecule is CCc1cccc(CC)c1-n1nc2c(c1-c1ccc(OC)c3[nH]ccc13)CNCC2. The number of ether oxygens (including phenoxy) is 1. The van der Waals surface area contributed by atoms with E-state index in [1.807, 2.05) is 6.20 Å². The lowest BCUT2D eigenvalue weighted by molar-refractivity contribution is 0.419. The Morgan fingerprint density at radius 1 is 1.07 bits per heavy atom. The van der Waals surface area contributed by atoms with Gasteiger partial charge in [-0.1, -0.05) is 32.0 Å². The molecule has 5 rings (SSSR count). The number of hydrogen-bond acceptors (Lipinski definition) is 3. The van der Waals surface area contributed by atoms with Crippen LogP contribution in [0, 0.1) is 0 Å². The Kier molecular flexibility index (Phi) is 4.83. The first-order valence-electron chi connectivity index (χ1n) is 10.8. The number of aryl methyl sites for hydroxylation is 2. The monoisotopic (exact) mass is 400 g/mol. The van der Waals surface area contributed by atoms with Crippen molar-refractivity contribution in [2.45, 2.75) is 39.7 Å². The highest BCUT2D eigenvalue weighted by atomic mass is 16.5. The first kappa shape index (κ1) is 18.9. The third-order valence-corrected chi connectivity index (χ3v) is 6.24. The molecule has 30 heavy (non-hydrogen) atoms. The zero-order chi connectivity index (χ0) is 20.7. The van der Waals surface area contributed by atoms with Gasteiger partial charge in [0.2, 0.25) is 0 Å². The molecule has 5 heteroatoms. The second kappa shape index (κ2) is 7.65. The van der Waals surface area contributed by atoms with Crippen molar-refractivity contribution >= 4 is 10.9 Å². The van der Waals surface area contributed by atoms with Crippen LogP contribution in [-0.2, 0) is 25.8 Å². The zero-order valence-electron chi connectivity index (χ0n) is 17.9. The Bertz CT molecular complexity index is 1200. The average Bonchev–Trinajstić information content (AvgIpc) is 3.43. The van der Waals surface area contributed by atoms with Gasteiger partial charge in [0.15, 0.2) is 0 Å². The highest BCUT2D eigenvalue weighted by Gasteiger charge is 2.26. The van der Waals surface area contributed by atoms with Gasteiger partial charge in [-0.05, 0) is 42.2 Å². The number of hydrogen-bond donors (Lipinski definition) is 2. The summed E-state index contributed by atoms with van der Waals surface area (Å²) in [5, 5.41) is 9.90. The third-order valence-electron chi connectivity index (χ3n) is 6.24. The van der Waals surface area contributed by atoms with Gasteiger partial charge in [-0.2, -0.15) is 5.10 Å². The molecule has 2 N–H and O–H groups in total. The van der Waals surface area contributed by atoms with Gasteiger partial charge in [0, 0.05) is 42.2 Å². The second-order valence-corrected chi connectivity index (χ2v) is 7.83. The van der Waals surface area contributed by atoms with E-state index in [-0.39, 0.29) is 0 Å². The Hall–Kier alpha value is -3.05. The van der Waals surface area contributed by atoms with E-state index in [4.69, 9.17) is 9.84 Å². The van der Waals surface area contributed by atoms with Gasteiger partial charge in [0.05, 0.1) is 29.7 Å². The molecule has 154 valence electrons. The number of aromatic nitrogens is 3. The summed E-state index contributed by atoms with van der Waals surface area (Å²) in [4.78, 5) is 3.36. The van der Waals surface area contributed by atoms with Crippen LogP contribution in [-0.4, -0.2) is 28.4 Å². The van der Waals surface area contributed by atoms with Crippen molar-refractivity contribution in [1.82, 2.24) is 20.1 Å². The van der Waals surface area contributed by atoms with Crippen LogP contribution in [0.15, 0.2) is 42.6 Å². The van der Waals surface area contributed by atoms with Crippen LogP contribution in [0.4, 0.5) is 0 Å². The lowest BCUT2D eigenvalue weighted by Crippen LogP contribution is -2.23. The Labute approximate surface area is 177 Å². The fraction of sp³-hybridized carbons (Fsp3) is 0.320. The smallest absolute Gasteiger partial charge is 0.142 e. The molecule has 0 amide bonds. The number of H-pyrrole nitrogens is 1. The van der Waals surface area contributed by atoms with E-state index in [1.165, 1.54) is 39.3 Å². The number of rotatable bonds is 5. The Balaban J connectivity index is 1.85. The molecule has 5 nitrogen and oxygen atoms in total. The lowest BCUT2D eigenvalue weighted by Gasteiger charge is -2.18. The summed E-state index contributed by atoms with van der Waals surface area (Å²) in [6.07, 6.45) is 4.90. The van der Waals surface area contributed by atoms with Crippen LogP contribution in [0.25, 0.3) is 27.8 Å². The second-order valence-electron chi connectivity index (χ2n) is 7.83. The number of nitrogens with zero attached hydrogens (tertiary/aromatic N) is 2. The quantitative estimate of drug-likeness (QED) is 0.506. The molecule has 0 spiro atoms. The highest BCUT2D eigenvalue weighted by molar-refractivity contribution is 5.98. The van der Waals surface area contributed by atoms with Crippen LogP contribution in [0.3, 0.4) is 0 Å². The van der Waals surface area contributed by atoms with Gasteiger partial charge >= 0.3 is 0 Å². The number of methoxy groups -OCH3 is 1. The van der Waals surface area contributed by atoms with Crippen LogP contribution >= 0.6 is 0 Å². The molecule has 0 bridgehead atoms.